The van der Waals surface area contributed by atoms with Crippen LogP contribution in [-0.2, 0) is 0 Å². The number of benzene rings is 2. The smallest absolute Gasteiger partial charge is 0.290 e. The molecule has 0 saturated heterocycles. The summed E-state index contributed by atoms with van der Waals surface area (Å²) in [5.74, 6) is 0.624. The number of nitrogens with zero attached hydrogens (tertiary/aromatic N) is 3. The minimum Gasteiger partial charge on any atom is -0.459 e. The molecule has 1 atom stereocenters. The molecule has 0 N–H and O–H groups in total. The fraction of sp³-hybridized carbons (Fsp3) is 0.269. The Hall–Kier alpha value is -3.67. The fourth-order valence-electron chi connectivity index (χ4n) is 4.11. The zero-order valence-corrected chi connectivity index (χ0v) is 18.6. The molecule has 2 heterocycles. The van der Waals surface area contributed by atoms with Gasteiger partial charge in [0.2, 0.25) is 0 Å². The number of carbonyl (C=O) groups excluding carboxylic acids is 1. The van der Waals surface area contributed by atoms with Crippen molar-refractivity contribution in [1.29, 1.82) is 0 Å². The number of hydrogen-bond acceptors (Lipinski definition) is 4. The van der Waals surface area contributed by atoms with E-state index in [2.05, 4.69) is 0 Å². The normalized spacial score (nSPS) is 12.1. The maximum Gasteiger partial charge on any atom is 0.290 e. The van der Waals surface area contributed by atoms with Crippen LogP contribution in [0, 0.1) is 6.92 Å². The second-order valence-corrected chi connectivity index (χ2v) is 7.87. The lowest BCUT2D eigenvalue weighted by atomic mass is 10.1. The number of fused-ring (bicyclic) bond motifs is 1. The second kappa shape index (κ2) is 9.22. The van der Waals surface area contributed by atoms with Crippen molar-refractivity contribution >= 4 is 16.8 Å². The van der Waals surface area contributed by atoms with Crippen molar-refractivity contribution in [2.24, 2.45) is 0 Å². The molecule has 1 amide bonds. The van der Waals surface area contributed by atoms with E-state index in [4.69, 9.17) is 9.40 Å². The molecule has 0 bridgehead atoms. The summed E-state index contributed by atoms with van der Waals surface area (Å²) in [6.45, 7) is 6.54. The van der Waals surface area contributed by atoms with Gasteiger partial charge >= 0.3 is 0 Å². The lowest BCUT2D eigenvalue weighted by Crippen LogP contribution is -2.39. The zero-order valence-electron chi connectivity index (χ0n) is 18.6. The highest BCUT2D eigenvalue weighted by molar-refractivity contribution is 5.91. The monoisotopic (exact) mass is 429 g/mol. The van der Waals surface area contributed by atoms with Gasteiger partial charge in [0, 0.05) is 6.54 Å². The minimum absolute atomic E-state index is 0.142. The molecule has 0 spiro atoms. The Morgan fingerprint density at radius 1 is 1.09 bits per heavy atom. The van der Waals surface area contributed by atoms with E-state index in [0.29, 0.717) is 29.7 Å². The predicted molar refractivity (Wildman–Crippen MR) is 125 cm³/mol. The lowest BCUT2D eigenvalue weighted by molar-refractivity contribution is 0.0626. The predicted octanol–water partition coefficient (Wildman–Crippen LogP) is 5.29. The van der Waals surface area contributed by atoms with Crippen LogP contribution in [-0.4, -0.2) is 26.9 Å². The molecule has 2 aromatic heterocycles. The van der Waals surface area contributed by atoms with E-state index in [1.807, 2.05) is 63.2 Å². The van der Waals surface area contributed by atoms with Gasteiger partial charge in [-0.3, -0.25) is 14.2 Å². The van der Waals surface area contributed by atoms with Crippen LogP contribution in [0.15, 0.2) is 76.1 Å². The van der Waals surface area contributed by atoms with Gasteiger partial charge in [-0.1, -0.05) is 38.1 Å². The van der Waals surface area contributed by atoms with Crippen molar-refractivity contribution in [3.8, 4) is 5.69 Å². The Morgan fingerprint density at radius 2 is 1.91 bits per heavy atom. The van der Waals surface area contributed by atoms with Crippen molar-refractivity contribution < 1.29 is 9.21 Å². The van der Waals surface area contributed by atoms with E-state index in [0.717, 1.165) is 17.7 Å². The summed E-state index contributed by atoms with van der Waals surface area (Å²) in [6, 6.07) is 18.1. The molecule has 0 fully saturated rings. The molecule has 0 radical (unpaired) electrons. The summed E-state index contributed by atoms with van der Waals surface area (Å²) < 4.78 is 7.05. The van der Waals surface area contributed by atoms with E-state index in [1.165, 1.54) is 6.26 Å². The largest absolute Gasteiger partial charge is 0.459 e. The van der Waals surface area contributed by atoms with Crippen LogP contribution >= 0.6 is 0 Å². The number of amides is 1. The first-order valence-corrected chi connectivity index (χ1v) is 11.0. The molecule has 0 saturated carbocycles. The highest BCUT2D eigenvalue weighted by Crippen LogP contribution is 2.28. The highest BCUT2D eigenvalue weighted by Gasteiger charge is 2.30. The van der Waals surface area contributed by atoms with Gasteiger partial charge in [-0.25, -0.2) is 4.98 Å². The summed E-state index contributed by atoms with van der Waals surface area (Å²) in [5.41, 5.74) is 2.26. The molecular weight excluding hydrogens is 402 g/mol. The molecular formula is C26H27N3O3. The maximum atomic E-state index is 13.7. The number of furan rings is 1. The number of para-hydroxylation sites is 1. The first kappa shape index (κ1) is 21.6. The van der Waals surface area contributed by atoms with Crippen molar-refractivity contribution in [1.82, 2.24) is 14.5 Å². The third-order valence-electron chi connectivity index (χ3n) is 5.58. The first-order chi connectivity index (χ1) is 15.5. The molecule has 6 heteroatoms. The number of aryl methyl sites for hydroxylation is 1. The average Bonchev–Trinajstić information content (AvgIpc) is 3.34. The van der Waals surface area contributed by atoms with Gasteiger partial charge < -0.3 is 9.32 Å². The van der Waals surface area contributed by atoms with Crippen LogP contribution in [0.1, 0.15) is 54.7 Å². The van der Waals surface area contributed by atoms with E-state index in [9.17, 15) is 9.59 Å². The Bertz CT molecular complexity index is 1290. The van der Waals surface area contributed by atoms with Crippen LogP contribution in [0.4, 0.5) is 0 Å². The van der Waals surface area contributed by atoms with Gasteiger partial charge in [0.1, 0.15) is 5.82 Å². The van der Waals surface area contributed by atoms with Crippen molar-refractivity contribution in [3.05, 3.63) is 94.4 Å². The maximum absolute atomic E-state index is 13.7. The summed E-state index contributed by atoms with van der Waals surface area (Å²) in [5, 5.41) is 0.548. The minimum atomic E-state index is -0.398. The third kappa shape index (κ3) is 3.96. The van der Waals surface area contributed by atoms with Gasteiger partial charge in [0.25, 0.3) is 11.5 Å². The quantitative estimate of drug-likeness (QED) is 0.400. The first-order valence-electron chi connectivity index (χ1n) is 11.0. The average molecular weight is 430 g/mol. The van der Waals surface area contributed by atoms with Gasteiger partial charge in [0.05, 0.1) is 28.9 Å². The van der Waals surface area contributed by atoms with Gasteiger partial charge in [0.15, 0.2) is 5.76 Å². The number of carbonyl (C=O) groups is 1. The number of aromatic nitrogens is 2. The number of hydrogen-bond donors (Lipinski definition) is 0. The Kier molecular flexibility index (Phi) is 6.21. The van der Waals surface area contributed by atoms with Crippen LogP contribution < -0.4 is 5.56 Å². The standard InChI is InChI=1S/C26H27N3O3/c1-4-15-28(26(31)23-14-9-16-32-23)22(5-2)24-27-21-13-7-6-12-20(21)25(30)29(24)19-11-8-10-18(3)17-19/h6-14,16-17,22H,4-5,15H2,1-3H3. The molecule has 164 valence electrons. The van der Waals surface area contributed by atoms with Crippen LogP contribution in [0.3, 0.4) is 0 Å². The molecule has 32 heavy (non-hydrogen) atoms. The van der Waals surface area contributed by atoms with E-state index >= 15 is 0 Å². The Balaban J connectivity index is 1.97. The van der Waals surface area contributed by atoms with E-state index in [1.54, 1.807) is 27.7 Å². The second-order valence-electron chi connectivity index (χ2n) is 7.87. The van der Waals surface area contributed by atoms with Gasteiger partial charge in [-0.15, -0.1) is 0 Å². The van der Waals surface area contributed by atoms with Gasteiger partial charge in [-0.05, 0) is 61.7 Å². The lowest BCUT2D eigenvalue weighted by Gasteiger charge is -2.31. The Labute approximate surface area is 187 Å². The number of rotatable bonds is 7. The van der Waals surface area contributed by atoms with E-state index < -0.39 is 6.04 Å². The summed E-state index contributed by atoms with van der Waals surface area (Å²) in [4.78, 5) is 33.7. The molecule has 1 unspecified atom stereocenters. The summed E-state index contributed by atoms with van der Waals surface area (Å²) >= 11 is 0. The van der Waals surface area contributed by atoms with Crippen molar-refractivity contribution in [2.45, 2.75) is 39.7 Å². The summed E-state index contributed by atoms with van der Waals surface area (Å²) in [7, 11) is 0. The van der Waals surface area contributed by atoms with Crippen LogP contribution in [0.2, 0.25) is 0 Å². The van der Waals surface area contributed by atoms with Gasteiger partial charge in [-0.2, -0.15) is 0 Å². The van der Waals surface area contributed by atoms with Crippen molar-refractivity contribution in [2.75, 3.05) is 6.54 Å². The van der Waals surface area contributed by atoms with E-state index in [-0.39, 0.29) is 17.2 Å². The van der Waals surface area contributed by atoms with Crippen molar-refractivity contribution in [3.63, 3.8) is 0 Å². The molecule has 4 rings (SSSR count). The molecule has 0 aliphatic carbocycles. The SMILES string of the molecule is CCCN(C(=O)c1ccco1)C(CC)c1nc2ccccc2c(=O)n1-c1cccc(C)c1. The third-order valence-corrected chi connectivity index (χ3v) is 5.58. The molecule has 2 aromatic carbocycles. The molecule has 0 aliphatic heterocycles. The zero-order chi connectivity index (χ0) is 22.7. The Morgan fingerprint density at radius 3 is 2.59 bits per heavy atom. The van der Waals surface area contributed by atoms with Crippen LogP contribution in [0.5, 0.6) is 0 Å². The summed E-state index contributed by atoms with van der Waals surface area (Å²) in [6.07, 6.45) is 2.86. The molecule has 4 aromatic rings. The fourth-order valence-corrected chi connectivity index (χ4v) is 4.11. The topological polar surface area (TPSA) is 68.3 Å². The highest BCUT2D eigenvalue weighted by atomic mass is 16.3. The molecule has 6 nitrogen and oxygen atoms in total. The van der Waals surface area contributed by atoms with Crippen LogP contribution in [0.25, 0.3) is 16.6 Å². The molecule has 0 aliphatic rings.